The van der Waals surface area contributed by atoms with Crippen LogP contribution < -0.4 is 5.73 Å². The quantitative estimate of drug-likeness (QED) is 0.781. The van der Waals surface area contributed by atoms with Gasteiger partial charge in [-0.2, -0.15) is 5.26 Å². The summed E-state index contributed by atoms with van der Waals surface area (Å²) in [5.74, 6) is 0. The van der Waals surface area contributed by atoms with Gasteiger partial charge >= 0.3 is 0 Å². The van der Waals surface area contributed by atoms with Crippen molar-refractivity contribution >= 4 is 11.3 Å². The number of imidazole rings is 1. The first-order valence-electron chi connectivity index (χ1n) is 6.81. The number of nitriles is 1. The highest BCUT2D eigenvalue weighted by molar-refractivity contribution is 5.70. The second-order valence-electron chi connectivity index (χ2n) is 5.25. The molecule has 0 aliphatic rings. The number of fused-ring (bicyclic) bond motifs is 1. The van der Waals surface area contributed by atoms with Gasteiger partial charge in [0.05, 0.1) is 23.9 Å². The second-order valence-corrected chi connectivity index (χ2v) is 5.25. The number of rotatable bonds is 2. The van der Waals surface area contributed by atoms with Gasteiger partial charge in [0.2, 0.25) is 0 Å². The number of hydrogen-bond donors (Lipinski definition) is 1. The zero-order valence-electron chi connectivity index (χ0n) is 12.1. The van der Waals surface area contributed by atoms with Crippen molar-refractivity contribution in [2.24, 2.45) is 0 Å². The fraction of sp³-hybridized carbons (Fsp3) is 0.176. The van der Waals surface area contributed by atoms with E-state index in [9.17, 15) is 0 Å². The molecular formula is C17H16N4. The molecule has 0 radical (unpaired) electrons. The molecule has 3 aromatic rings. The molecule has 3 rings (SSSR count). The van der Waals surface area contributed by atoms with E-state index in [0.717, 1.165) is 28.2 Å². The zero-order chi connectivity index (χ0) is 15.0. The molecular weight excluding hydrogens is 260 g/mol. The van der Waals surface area contributed by atoms with Crippen LogP contribution in [-0.2, 0) is 6.42 Å². The Morgan fingerprint density at radius 1 is 1.24 bits per heavy atom. The van der Waals surface area contributed by atoms with Gasteiger partial charge in [-0.15, -0.1) is 0 Å². The Hall–Kier alpha value is -2.80. The molecule has 0 atom stereocenters. The number of pyridine rings is 1. The van der Waals surface area contributed by atoms with Gasteiger partial charge in [-0.25, -0.2) is 4.98 Å². The largest absolute Gasteiger partial charge is 0.398 e. The van der Waals surface area contributed by atoms with Crippen LogP contribution in [0.5, 0.6) is 0 Å². The van der Waals surface area contributed by atoms with Crippen LogP contribution in [0.1, 0.15) is 16.8 Å². The molecule has 21 heavy (non-hydrogen) atoms. The highest BCUT2D eigenvalue weighted by Crippen LogP contribution is 2.28. The first kappa shape index (κ1) is 13.2. The average Bonchev–Trinajstić information content (AvgIpc) is 2.78. The third-order valence-electron chi connectivity index (χ3n) is 3.62. The van der Waals surface area contributed by atoms with Crippen molar-refractivity contribution in [1.29, 1.82) is 5.26 Å². The molecule has 1 aromatic carbocycles. The van der Waals surface area contributed by atoms with E-state index in [1.807, 2.05) is 22.7 Å². The van der Waals surface area contributed by atoms with Gasteiger partial charge in [-0.1, -0.05) is 23.8 Å². The molecule has 2 heterocycles. The Morgan fingerprint density at radius 2 is 2.05 bits per heavy atom. The van der Waals surface area contributed by atoms with Crippen LogP contribution in [0.15, 0.2) is 36.5 Å². The lowest BCUT2D eigenvalue weighted by atomic mass is 10.0. The van der Waals surface area contributed by atoms with E-state index < -0.39 is 0 Å². The minimum Gasteiger partial charge on any atom is -0.398 e. The maximum atomic E-state index is 9.13. The fourth-order valence-electron chi connectivity index (χ4n) is 2.65. The van der Waals surface area contributed by atoms with Gasteiger partial charge in [0.15, 0.2) is 0 Å². The van der Waals surface area contributed by atoms with Crippen LogP contribution in [0.4, 0.5) is 5.69 Å². The molecule has 2 aromatic heterocycles. The number of anilines is 1. The van der Waals surface area contributed by atoms with Crippen molar-refractivity contribution in [3.63, 3.8) is 0 Å². The first-order chi connectivity index (χ1) is 10.1. The van der Waals surface area contributed by atoms with Crippen molar-refractivity contribution in [3.05, 3.63) is 53.3 Å². The molecule has 0 spiro atoms. The SMILES string of the molecule is Cc1ccc(-c2nc3ccc(N)cn3c2CC#N)c(C)c1. The summed E-state index contributed by atoms with van der Waals surface area (Å²) in [5, 5.41) is 9.13. The van der Waals surface area contributed by atoms with E-state index in [0.29, 0.717) is 12.1 Å². The van der Waals surface area contributed by atoms with Crippen LogP contribution in [0, 0.1) is 25.2 Å². The fourth-order valence-corrected chi connectivity index (χ4v) is 2.65. The zero-order valence-corrected chi connectivity index (χ0v) is 12.1. The first-order valence-corrected chi connectivity index (χ1v) is 6.81. The van der Waals surface area contributed by atoms with Gasteiger partial charge in [0, 0.05) is 17.4 Å². The minimum absolute atomic E-state index is 0.299. The molecule has 104 valence electrons. The summed E-state index contributed by atoms with van der Waals surface area (Å²) in [6, 6.07) is 12.2. The number of aryl methyl sites for hydroxylation is 2. The molecule has 0 saturated heterocycles. The normalized spacial score (nSPS) is 10.7. The van der Waals surface area contributed by atoms with E-state index in [-0.39, 0.29) is 0 Å². The number of benzene rings is 1. The Bertz CT molecular complexity index is 868. The summed E-state index contributed by atoms with van der Waals surface area (Å²) in [4.78, 5) is 4.69. The van der Waals surface area contributed by atoms with E-state index in [2.05, 4.69) is 43.1 Å². The lowest BCUT2D eigenvalue weighted by molar-refractivity contribution is 1.06. The van der Waals surface area contributed by atoms with Gasteiger partial charge in [0.1, 0.15) is 5.65 Å². The van der Waals surface area contributed by atoms with E-state index >= 15 is 0 Å². The predicted molar refractivity (Wildman–Crippen MR) is 83.8 cm³/mol. The highest BCUT2D eigenvalue weighted by Gasteiger charge is 2.15. The van der Waals surface area contributed by atoms with Crippen molar-refractivity contribution in [2.75, 3.05) is 5.73 Å². The van der Waals surface area contributed by atoms with Crippen molar-refractivity contribution < 1.29 is 0 Å². The molecule has 2 N–H and O–H groups in total. The highest BCUT2D eigenvalue weighted by atomic mass is 15.0. The van der Waals surface area contributed by atoms with Crippen LogP contribution in [0.25, 0.3) is 16.9 Å². The molecule has 4 heteroatoms. The molecule has 0 unspecified atom stereocenters. The summed E-state index contributed by atoms with van der Waals surface area (Å²) in [5.41, 5.74) is 12.5. The van der Waals surface area contributed by atoms with Crippen LogP contribution in [0.2, 0.25) is 0 Å². The maximum absolute atomic E-state index is 9.13. The third kappa shape index (κ3) is 2.23. The number of nitrogen functional groups attached to an aromatic ring is 1. The monoisotopic (exact) mass is 276 g/mol. The summed E-state index contributed by atoms with van der Waals surface area (Å²) in [6.45, 7) is 4.13. The number of hydrogen-bond acceptors (Lipinski definition) is 3. The second kappa shape index (κ2) is 4.95. The van der Waals surface area contributed by atoms with E-state index in [1.54, 1.807) is 0 Å². The minimum atomic E-state index is 0.299. The van der Waals surface area contributed by atoms with Gasteiger partial charge in [0.25, 0.3) is 0 Å². The van der Waals surface area contributed by atoms with Crippen LogP contribution in [-0.4, -0.2) is 9.38 Å². The van der Waals surface area contributed by atoms with E-state index in [1.165, 1.54) is 5.56 Å². The predicted octanol–water partition coefficient (Wildman–Crippen LogP) is 3.27. The smallest absolute Gasteiger partial charge is 0.137 e. The van der Waals surface area contributed by atoms with Crippen molar-refractivity contribution in [3.8, 4) is 17.3 Å². The topological polar surface area (TPSA) is 67.1 Å². The maximum Gasteiger partial charge on any atom is 0.137 e. The average molecular weight is 276 g/mol. The third-order valence-corrected chi connectivity index (χ3v) is 3.62. The molecule has 0 fully saturated rings. The van der Waals surface area contributed by atoms with Crippen LogP contribution >= 0.6 is 0 Å². The molecule has 0 aliphatic carbocycles. The van der Waals surface area contributed by atoms with Gasteiger partial charge < -0.3 is 10.1 Å². The summed E-state index contributed by atoms with van der Waals surface area (Å²) < 4.78 is 1.91. The lowest BCUT2D eigenvalue weighted by Gasteiger charge is -2.06. The van der Waals surface area contributed by atoms with Crippen molar-refractivity contribution in [2.45, 2.75) is 20.3 Å². The Balaban J connectivity index is 2.31. The number of nitrogens with two attached hydrogens (primary N) is 1. The Labute approximate surface area is 123 Å². The van der Waals surface area contributed by atoms with Gasteiger partial charge in [-0.05, 0) is 31.5 Å². The van der Waals surface area contributed by atoms with Crippen LogP contribution in [0.3, 0.4) is 0 Å². The standard InChI is InChI=1S/C17H16N4/c1-11-3-5-14(12(2)9-11)17-15(7-8-18)21-10-13(19)4-6-16(21)20-17/h3-6,9-10H,7,19H2,1-2H3. The summed E-state index contributed by atoms with van der Waals surface area (Å²) in [6.07, 6.45) is 2.12. The molecule has 0 bridgehead atoms. The Morgan fingerprint density at radius 3 is 2.76 bits per heavy atom. The molecule has 0 aliphatic heterocycles. The van der Waals surface area contributed by atoms with E-state index in [4.69, 9.17) is 11.0 Å². The molecule has 0 saturated carbocycles. The van der Waals surface area contributed by atoms with Crippen molar-refractivity contribution in [1.82, 2.24) is 9.38 Å². The number of aromatic nitrogens is 2. The summed E-state index contributed by atoms with van der Waals surface area (Å²) in [7, 11) is 0. The van der Waals surface area contributed by atoms with Gasteiger partial charge in [-0.3, -0.25) is 0 Å². The molecule has 0 amide bonds. The Kier molecular flexibility index (Phi) is 3.11. The number of nitrogens with zero attached hydrogens (tertiary/aromatic N) is 3. The lowest BCUT2D eigenvalue weighted by Crippen LogP contribution is -1.96. The molecule has 4 nitrogen and oxygen atoms in total. The summed E-state index contributed by atoms with van der Waals surface area (Å²) >= 11 is 0.